The number of cyclic esters (lactones) is 1. The third-order valence-electron chi connectivity index (χ3n) is 2.99. The second-order valence-electron chi connectivity index (χ2n) is 4.47. The number of amides is 2. The van der Waals surface area contributed by atoms with E-state index in [1.807, 2.05) is 0 Å². The van der Waals surface area contributed by atoms with Crippen molar-refractivity contribution in [3.63, 3.8) is 0 Å². The summed E-state index contributed by atoms with van der Waals surface area (Å²) < 4.78 is 18.8. The van der Waals surface area contributed by atoms with Gasteiger partial charge in [0.15, 0.2) is 0 Å². The fourth-order valence-electron chi connectivity index (χ4n) is 1.97. The molecule has 2 N–H and O–H groups in total. The number of carbonyl (C=O) groups is 2. The number of halogens is 1. The molecule has 1 aliphatic heterocycles. The average molecular weight is 281 g/mol. The maximum atomic E-state index is 13.7. The smallest absolute Gasteiger partial charge is 0.414 e. The van der Waals surface area contributed by atoms with E-state index in [0.717, 1.165) is 0 Å². The van der Waals surface area contributed by atoms with E-state index in [1.165, 1.54) is 17.9 Å². The van der Waals surface area contributed by atoms with Gasteiger partial charge in [-0.05, 0) is 18.2 Å². The van der Waals surface area contributed by atoms with Crippen LogP contribution < -0.4 is 15.5 Å². The predicted molar refractivity (Wildman–Crippen MR) is 72.2 cm³/mol. The monoisotopic (exact) mass is 281 g/mol. The van der Waals surface area contributed by atoms with Crippen LogP contribution in [0.4, 0.5) is 20.6 Å². The highest BCUT2D eigenvalue weighted by atomic mass is 19.1. The first kappa shape index (κ1) is 14.1. The van der Waals surface area contributed by atoms with Crippen LogP contribution in [0.1, 0.15) is 6.92 Å². The van der Waals surface area contributed by atoms with Crippen molar-refractivity contribution in [3.8, 4) is 0 Å². The van der Waals surface area contributed by atoms with Gasteiger partial charge in [-0.15, -0.1) is 0 Å². The predicted octanol–water partition coefficient (Wildman–Crippen LogP) is 1.33. The van der Waals surface area contributed by atoms with Crippen LogP contribution in [0.15, 0.2) is 18.2 Å². The molecule has 108 valence electrons. The minimum absolute atomic E-state index is 0.191. The normalized spacial score (nSPS) is 17.9. The van der Waals surface area contributed by atoms with Gasteiger partial charge in [0.25, 0.3) is 0 Å². The number of benzene rings is 1. The van der Waals surface area contributed by atoms with Crippen molar-refractivity contribution in [1.29, 1.82) is 0 Å². The van der Waals surface area contributed by atoms with Gasteiger partial charge in [0, 0.05) is 14.0 Å². The zero-order valence-electron chi connectivity index (χ0n) is 11.3. The van der Waals surface area contributed by atoms with E-state index in [4.69, 9.17) is 4.74 Å². The molecule has 2 rings (SSSR count). The molecule has 1 aromatic carbocycles. The number of nitrogens with one attached hydrogen (secondary N) is 2. The lowest BCUT2D eigenvalue weighted by molar-refractivity contribution is -0.119. The van der Waals surface area contributed by atoms with E-state index in [9.17, 15) is 14.0 Å². The molecular formula is C13H16FN3O3. The molecule has 1 aromatic rings. The van der Waals surface area contributed by atoms with Gasteiger partial charge in [-0.1, -0.05) is 0 Å². The molecule has 0 bridgehead atoms. The van der Waals surface area contributed by atoms with Crippen LogP contribution in [-0.2, 0) is 9.53 Å². The maximum Gasteiger partial charge on any atom is 0.414 e. The Morgan fingerprint density at radius 1 is 1.55 bits per heavy atom. The van der Waals surface area contributed by atoms with E-state index in [0.29, 0.717) is 11.4 Å². The number of ether oxygens (including phenoxy) is 1. The molecule has 20 heavy (non-hydrogen) atoms. The van der Waals surface area contributed by atoms with Crippen molar-refractivity contribution in [1.82, 2.24) is 5.32 Å². The summed E-state index contributed by atoms with van der Waals surface area (Å²) in [6.45, 7) is 1.91. The highest BCUT2D eigenvalue weighted by Gasteiger charge is 2.32. The molecule has 0 unspecified atom stereocenters. The van der Waals surface area contributed by atoms with Crippen LogP contribution in [0.3, 0.4) is 0 Å². The zero-order valence-corrected chi connectivity index (χ0v) is 11.3. The van der Waals surface area contributed by atoms with Crippen LogP contribution in [0.25, 0.3) is 0 Å². The molecule has 1 saturated heterocycles. The van der Waals surface area contributed by atoms with Crippen molar-refractivity contribution in [2.75, 3.05) is 30.4 Å². The maximum absolute atomic E-state index is 13.7. The zero-order chi connectivity index (χ0) is 14.7. The SMILES string of the molecule is CNc1ccc(N2C[C@H](CNC(C)=O)OC2=O)cc1F. The fourth-order valence-corrected chi connectivity index (χ4v) is 1.97. The van der Waals surface area contributed by atoms with Crippen molar-refractivity contribution < 1.29 is 18.7 Å². The summed E-state index contributed by atoms with van der Waals surface area (Å²) in [5.41, 5.74) is 0.785. The van der Waals surface area contributed by atoms with Gasteiger partial charge in [0.2, 0.25) is 5.91 Å². The Morgan fingerprint density at radius 3 is 2.90 bits per heavy atom. The second kappa shape index (κ2) is 5.77. The number of hydrogen-bond donors (Lipinski definition) is 2. The summed E-state index contributed by atoms with van der Waals surface area (Å²) in [5, 5.41) is 5.29. The number of anilines is 2. The molecule has 0 radical (unpaired) electrons. The third kappa shape index (κ3) is 2.98. The molecule has 1 atom stereocenters. The molecule has 1 heterocycles. The highest BCUT2D eigenvalue weighted by molar-refractivity contribution is 5.90. The molecular weight excluding hydrogens is 265 g/mol. The van der Waals surface area contributed by atoms with Crippen LogP contribution in [0.5, 0.6) is 0 Å². The van der Waals surface area contributed by atoms with Crippen LogP contribution in [-0.4, -0.2) is 38.2 Å². The largest absolute Gasteiger partial charge is 0.442 e. The molecule has 0 aromatic heterocycles. The van der Waals surface area contributed by atoms with Crippen LogP contribution in [0.2, 0.25) is 0 Å². The topological polar surface area (TPSA) is 70.7 Å². The van der Waals surface area contributed by atoms with E-state index in [-0.39, 0.29) is 19.0 Å². The van der Waals surface area contributed by atoms with Crippen molar-refractivity contribution in [3.05, 3.63) is 24.0 Å². The average Bonchev–Trinajstić information content (AvgIpc) is 2.77. The molecule has 1 fully saturated rings. The first-order chi connectivity index (χ1) is 9.51. The van der Waals surface area contributed by atoms with E-state index >= 15 is 0 Å². The Bertz CT molecular complexity index is 536. The second-order valence-corrected chi connectivity index (χ2v) is 4.47. The summed E-state index contributed by atoms with van der Waals surface area (Å²) in [4.78, 5) is 23.9. The van der Waals surface area contributed by atoms with Crippen molar-refractivity contribution in [2.45, 2.75) is 13.0 Å². The highest BCUT2D eigenvalue weighted by Crippen LogP contribution is 2.25. The Labute approximate surface area is 115 Å². The Balaban J connectivity index is 2.07. The van der Waals surface area contributed by atoms with Gasteiger partial charge < -0.3 is 15.4 Å². The van der Waals surface area contributed by atoms with Crippen molar-refractivity contribution >= 4 is 23.4 Å². The van der Waals surface area contributed by atoms with E-state index in [1.54, 1.807) is 19.2 Å². The van der Waals surface area contributed by atoms with Crippen LogP contribution in [0, 0.1) is 5.82 Å². The van der Waals surface area contributed by atoms with E-state index in [2.05, 4.69) is 10.6 Å². The number of carbonyl (C=O) groups excluding carboxylic acids is 2. The van der Waals surface area contributed by atoms with Gasteiger partial charge in [-0.3, -0.25) is 9.69 Å². The van der Waals surface area contributed by atoms with Crippen LogP contribution >= 0.6 is 0 Å². The fraction of sp³-hybridized carbons (Fsp3) is 0.385. The summed E-state index contributed by atoms with van der Waals surface area (Å²) >= 11 is 0. The summed E-state index contributed by atoms with van der Waals surface area (Å²) in [6.07, 6.45) is -0.976. The number of rotatable bonds is 4. The molecule has 1 aliphatic rings. The summed E-state index contributed by atoms with van der Waals surface area (Å²) in [5.74, 6) is -0.632. The molecule has 0 spiro atoms. The lowest BCUT2D eigenvalue weighted by Crippen LogP contribution is -2.33. The van der Waals surface area contributed by atoms with Gasteiger partial charge in [0.05, 0.1) is 24.5 Å². The quantitative estimate of drug-likeness (QED) is 0.873. The first-order valence-corrected chi connectivity index (χ1v) is 6.21. The third-order valence-corrected chi connectivity index (χ3v) is 2.99. The van der Waals surface area contributed by atoms with Gasteiger partial charge >= 0.3 is 6.09 Å². The summed E-state index contributed by atoms with van der Waals surface area (Å²) in [6, 6.07) is 4.46. The number of nitrogens with zero attached hydrogens (tertiary/aromatic N) is 1. The minimum Gasteiger partial charge on any atom is -0.442 e. The lowest BCUT2D eigenvalue weighted by atomic mass is 10.2. The Hall–Kier alpha value is -2.31. The number of hydrogen-bond acceptors (Lipinski definition) is 4. The Kier molecular flexibility index (Phi) is 4.07. The minimum atomic E-state index is -0.544. The van der Waals surface area contributed by atoms with Gasteiger partial charge in [-0.25, -0.2) is 9.18 Å². The molecule has 0 saturated carbocycles. The Morgan fingerprint density at radius 2 is 2.30 bits per heavy atom. The first-order valence-electron chi connectivity index (χ1n) is 6.21. The van der Waals surface area contributed by atoms with Gasteiger partial charge in [0.1, 0.15) is 11.9 Å². The van der Waals surface area contributed by atoms with Crippen molar-refractivity contribution in [2.24, 2.45) is 0 Å². The lowest BCUT2D eigenvalue weighted by Gasteiger charge is -2.14. The molecule has 0 aliphatic carbocycles. The standard InChI is InChI=1S/C13H16FN3O3/c1-8(18)16-6-10-7-17(13(19)20-10)9-3-4-12(15-2)11(14)5-9/h3-5,10,15H,6-7H2,1-2H3,(H,16,18)/t10-/m0/s1. The van der Waals surface area contributed by atoms with Gasteiger partial charge in [-0.2, -0.15) is 0 Å². The molecule has 7 heteroatoms. The van der Waals surface area contributed by atoms with E-state index < -0.39 is 18.0 Å². The molecule has 6 nitrogen and oxygen atoms in total. The molecule has 2 amide bonds. The summed E-state index contributed by atoms with van der Waals surface area (Å²) in [7, 11) is 1.62.